The van der Waals surface area contributed by atoms with Gasteiger partial charge in [-0.2, -0.15) is 0 Å². The van der Waals surface area contributed by atoms with Gasteiger partial charge < -0.3 is 15.8 Å². The van der Waals surface area contributed by atoms with Crippen molar-refractivity contribution in [1.29, 1.82) is 0 Å². The number of methoxy groups -OCH3 is 1. The Kier molecular flexibility index (Phi) is 5.62. The summed E-state index contributed by atoms with van der Waals surface area (Å²) in [6.45, 7) is 4.10. The molecule has 4 nitrogen and oxygen atoms in total. The van der Waals surface area contributed by atoms with Gasteiger partial charge in [-0.05, 0) is 40.5 Å². The standard InChI is InChI=1S/C13H19BrN2O2/c1-8(7-15)13(17)16-9(2)10-4-5-12(18-3)11(14)6-10/h4-6,8-9H,7,15H2,1-3H3,(H,16,17). The maximum Gasteiger partial charge on any atom is 0.224 e. The Morgan fingerprint density at radius 2 is 2.17 bits per heavy atom. The molecule has 0 bridgehead atoms. The molecule has 1 aromatic carbocycles. The summed E-state index contributed by atoms with van der Waals surface area (Å²) in [7, 11) is 1.62. The van der Waals surface area contributed by atoms with E-state index in [1.54, 1.807) is 7.11 Å². The fraction of sp³-hybridized carbons (Fsp3) is 0.462. The molecule has 0 aliphatic carbocycles. The third-order valence-electron chi connectivity index (χ3n) is 2.84. The van der Waals surface area contributed by atoms with Crippen molar-refractivity contribution in [1.82, 2.24) is 5.32 Å². The summed E-state index contributed by atoms with van der Waals surface area (Å²) < 4.78 is 6.04. The summed E-state index contributed by atoms with van der Waals surface area (Å²) in [4.78, 5) is 11.7. The molecule has 1 aromatic rings. The van der Waals surface area contributed by atoms with Gasteiger partial charge in [0.2, 0.25) is 5.91 Å². The van der Waals surface area contributed by atoms with E-state index in [1.165, 1.54) is 0 Å². The highest BCUT2D eigenvalue weighted by atomic mass is 79.9. The van der Waals surface area contributed by atoms with Crippen molar-refractivity contribution in [3.05, 3.63) is 28.2 Å². The summed E-state index contributed by atoms with van der Waals surface area (Å²) in [6.07, 6.45) is 0. The first-order valence-electron chi connectivity index (χ1n) is 5.83. The molecule has 0 radical (unpaired) electrons. The molecule has 2 unspecified atom stereocenters. The van der Waals surface area contributed by atoms with Crippen LogP contribution in [0.1, 0.15) is 25.5 Å². The summed E-state index contributed by atoms with van der Waals surface area (Å²) in [6, 6.07) is 5.68. The summed E-state index contributed by atoms with van der Waals surface area (Å²) in [5.74, 6) is 0.568. The van der Waals surface area contributed by atoms with Crippen LogP contribution in [-0.2, 0) is 4.79 Å². The van der Waals surface area contributed by atoms with E-state index in [-0.39, 0.29) is 17.9 Å². The Hall–Kier alpha value is -1.07. The Labute approximate surface area is 116 Å². The highest BCUT2D eigenvalue weighted by molar-refractivity contribution is 9.10. The molecule has 0 fully saturated rings. The molecular weight excluding hydrogens is 296 g/mol. The smallest absolute Gasteiger partial charge is 0.224 e. The molecule has 100 valence electrons. The van der Waals surface area contributed by atoms with Crippen molar-refractivity contribution in [2.45, 2.75) is 19.9 Å². The van der Waals surface area contributed by atoms with E-state index in [0.717, 1.165) is 15.8 Å². The van der Waals surface area contributed by atoms with Crippen LogP contribution in [0.5, 0.6) is 5.75 Å². The summed E-state index contributed by atoms with van der Waals surface area (Å²) >= 11 is 3.43. The molecule has 2 atom stereocenters. The lowest BCUT2D eigenvalue weighted by Crippen LogP contribution is -2.34. The van der Waals surface area contributed by atoms with Gasteiger partial charge in [-0.25, -0.2) is 0 Å². The second-order valence-electron chi connectivity index (χ2n) is 4.26. The van der Waals surface area contributed by atoms with E-state index in [2.05, 4.69) is 21.2 Å². The molecule has 0 saturated carbocycles. The lowest BCUT2D eigenvalue weighted by atomic mass is 10.1. The molecule has 0 aliphatic heterocycles. The number of halogens is 1. The lowest BCUT2D eigenvalue weighted by molar-refractivity contribution is -0.124. The third kappa shape index (κ3) is 3.71. The maximum atomic E-state index is 11.7. The number of nitrogens with two attached hydrogens (primary N) is 1. The zero-order valence-corrected chi connectivity index (χ0v) is 12.5. The number of ether oxygens (including phenoxy) is 1. The number of nitrogens with one attached hydrogen (secondary N) is 1. The fourth-order valence-electron chi connectivity index (χ4n) is 1.50. The van der Waals surface area contributed by atoms with Crippen LogP contribution in [0.3, 0.4) is 0 Å². The van der Waals surface area contributed by atoms with E-state index in [4.69, 9.17) is 10.5 Å². The van der Waals surface area contributed by atoms with E-state index in [9.17, 15) is 4.79 Å². The van der Waals surface area contributed by atoms with Crippen LogP contribution in [0, 0.1) is 5.92 Å². The molecule has 1 amide bonds. The van der Waals surface area contributed by atoms with Crippen LogP contribution >= 0.6 is 15.9 Å². The van der Waals surface area contributed by atoms with Crippen molar-refractivity contribution < 1.29 is 9.53 Å². The first-order chi connectivity index (χ1) is 8.49. The number of carbonyl (C=O) groups is 1. The van der Waals surface area contributed by atoms with E-state index in [1.807, 2.05) is 32.0 Å². The molecular formula is C13H19BrN2O2. The van der Waals surface area contributed by atoms with Gasteiger partial charge in [-0.15, -0.1) is 0 Å². The number of carbonyl (C=O) groups excluding carboxylic acids is 1. The predicted molar refractivity (Wildman–Crippen MR) is 75.5 cm³/mol. The number of hydrogen-bond acceptors (Lipinski definition) is 3. The second kappa shape index (κ2) is 6.75. The number of rotatable bonds is 5. The van der Waals surface area contributed by atoms with E-state index in [0.29, 0.717) is 6.54 Å². The van der Waals surface area contributed by atoms with Crippen molar-refractivity contribution in [2.24, 2.45) is 11.7 Å². The SMILES string of the molecule is COc1ccc(C(C)NC(=O)C(C)CN)cc1Br. The topological polar surface area (TPSA) is 64.3 Å². The zero-order valence-electron chi connectivity index (χ0n) is 10.9. The van der Waals surface area contributed by atoms with Gasteiger partial charge in [-0.1, -0.05) is 13.0 Å². The predicted octanol–water partition coefficient (Wildman–Crippen LogP) is 2.23. The summed E-state index contributed by atoms with van der Waals surface area (Å²) in [5, 5.41) is 2.93. The Bertz CT molecular complexity index is 423. The van der Waals surface area contributed by atoms with Crippen LogP contribution in [0.25, 0.3) is 0 Å². The third-order valence-corrected chi connectivity index (χ3v) is 3.46. The second-order valence-corrected chi connectivity index (χ2v) is 5.12. The molecule has 0 saturated heterocycles. The number of hydrogen-bond donors (Lipinski definition) is 2. The van der Waals surface area contributed by atoms with E-state index < -0.39 is 0 Å². The van der Waals surface area contributed by atoms with Crippen LogP contribution < -0.4 is 15.8 Å². The highest BCUT2D eigenvalue weighted by Crippen LogP contribution is 2.27. The minimum atomic E-state index is -0.172. The van der Waals surface area contributed by atoms with E-state index >= 15 is 0 Å². The fourth-order valence-corrected chi connectivity index (χ4v) is 2.06. The average molecular weight is 315 g/mol. The van der Waals surface area contributed by atoms with Gasteiger partial charge in [0.1, 0.15) is 5.75 Å². The molecule has 0 spiro atoms. The van der Waals surface area contributed by atoms with Crippen LogP contribution in [0.2, 0.25) is 0 Å². The first-order valence-corrected chi connectivity index (χ1v) is 6.62. The van der Waals surface area contributed by atoms with Crippen LogP contribution in [0.4, 0.5) is 0 Å². The van der Waals surface area contributed by atoms with Crippen LogP contribution in [0.15, 0.2) is 22.7 Å². The van der Waals surface area contributed by atoms with Crippen LogP contribution in [-0.4, -0.2) is 19.6 Å². The molecule has 1 rings (SSSR count). The van der Waals surface area contributed by atoms with Crippen molar-refractivity contribution in [2.75, 3.05) is 13.7 Å². The minimum absolute atomic E-state index is 0.0306. The van der Waals surface area contributed by atoms with Gasteiger partial charge in [0.25, 0.3) is 0 Å². The molecule has 0 aliphatic rings. The van der Waals surface area contributed by atoms with Gasteiger partial charge in [0.15, 0.2) is 0 Å². The Morgan fingerprint density at radius 1 is 1.50 bits per heavy atom. The normalized spacial score (nSPS) is 13.8. The highest BCUT2D eigenvalue weighted by Gasteiger charge is 2.15. The Morgan fingerprint density at radius 3 is 2.67 bits per heavy atom. The van der Waals surface area contributed by atoms with Crippen molar-refractivity contribution >= 4 is 21.8 Å². The maximum absolute atomic E-state index is 11.7. The lowest BCUT2D eigenvalue weighted by Gasteiger charge is -2.18. The van der Waals surface area contributed by atoms with Gasteiger partial charge in [0.05, 0.1) is 17.6 Å². The van der Waals surface area contributed by atoms with Crippen molar-refractivity contribution in [3.63, 3.8) is 0 Å². The molecule has 18 heavy (non-hydrogen) atoms. The van der Waals surface area contributed by atoms with Gasteiger partial charge in [-0.3, -0.25) is 4.79 Å². The molecule has 5 heteroatoms. The average Bonchev–Trinajstić information content (AvgIpc) is 2.37. The molecule has 0 aromatic heterocycles. The zero-order chi connectivity index (χ0) is 13.7. The minimum Gasteiger partial charge on any atom is -0.496 e. The van der Waals surface area contributed by atoms with Gasteiger partial charge in [0, 0.05) is 12.5 Å². The largest absolute Gasteiger partial charge is 0.496 e. The number of benzene rings is 1. The number of amides is 1. The quantitative estimate of drug-likeness (QED) is 0.876. The molecule has 0 heterocycles. The monoisotopic (exact) mass is 314 g/mol. The Balaban J connectivity index is 2.75. The van der Waals surface area contributed by atoms with Gasteiger partial charge >= 0.3 is 0 Å². The molecule has 3 N–H and O–H groups in total. The summed E-state index contributed by atoms with van der Waals surface area (Å²) in [5.41, 5.74) is 6.48. The van der Waals surface area contributed by atoms with Crippen molar-refractivity contribution in [3.8, 4) is 5.75 Å². The first kappa shape index (κ1) is 15.0.